The summed E-state index contributed by atoms with van der Waals surface area (Å²) in [4.78, 5) is 37.9. The van der Waals surface area contributed by atoms with Gasteiger partial charge in [-0.05, 0) is 83.5 Å². The molecule has 0 spiro atoms. The SMILES string of the molecule is CC\C=C/C=C\C=C/C=C\CCCCCCCC(=O)OC(COC(=O)CCCCC/C=C\C=C/CCCC)COC(=O)CCCCCCC/C=C\CCCCCCCCCCC. The molecule has 0 radical (unpaired) electrons. The Labute approximate surface area is 382 Å². The first-order valence-corrected chi connectivity index (χ1v) is 25.7. The Hall–Kier alpha value is -3.41. The van der Waals surface area contributed by atoms with Gasteiger partial charge in [-0.15, -0.1) is 0 Å². The van der Waals surface area contributed by atoms with Gasteiger partial charge >= 0.3 is 17.9 Å². The van der Waals surface area contributed by atoms with Gasteiger partial charge in [0.2, 0.25) is 0 Å². The molecule has 0 aliphatic carbocycles. The minimum atomic E-state index is -0.802. The monoisotopic (exact) mass is 863 g/mol. The maximum Gasteiger partial charge on any atom is 0.306 e. The van der Waals surface area contributed by atoms with Crippen molar-refractivity contribution in [3.8, 4) is 0 Å². The number of carbonyl (C=O) groups excluding carboxylic acids is 3. The third-order valence-corrected chi connectivity index (χ3v) is 10.7. The Morgan fingerprint density at radius 1 is 0.339 bits per heavy atom. The summed E-state index contributed by atoms with van der Waals surface area (Å²) in [6.07, 6.45) is 64.3. The summed E-state index contributed by atoms with van der Waals surface area (Å²) in [5, 5.41) is 0. The summed E-state index contributed by atoms with van der Waals surface area (Å²) in [7, 11) is 0. The maximum atomic E-state index is 12.8. The van der Waals surface area contributed by atoms with Crippen molar-refractivity contribution in [1.29, 1.82) is 0 Å². The van der Waals surface area contributed by atoms with Gasteiger partial charge in [-0.3, -0.25) is 14.4 Å². The van der Waals surface area contributed by atoms with Gasteiger partial charge in [0.1, 0.15) is 13.2 Å². The van der Waals surface area contributed by atoms with Crippen LogP contribution in [-0.4, -0.2) is 37.2 Å². The van der Waals surface area contributed by atoms with Crippen LogP contribution in [0.2, 0.25) is 0 Å². The highest BCUT2D eigenvalue weighted by Gasteiger charge is 2.19. The molecule has 1 unspecified atom stereocenters. The molecule has 0 bridgehead atoms. The van der Waals surface area contributed by atoms with Crippen LogP contribution in [0.4, 0.5) is 0 Å². The molecule has 0 amide bonds. The van der Waals surface area contributed by atoms with E-state index in [2.05, 4.69) is 81.5 Å². The van der Waals surface area contributed by atoms with Crippen LogP contribution in [-0.2, 0) is 28.6 Å². The molecule has 62 heavy (non-hydrogen) atoms. The van der Waals surface area contributed by atoms with Gasteiger partial charge in [-0.1, -0.05) is 215 Å². The van der Waals surface area contributed by atoms with Crippen LogP contribution in [0.15, 0.2) is 85.1 Å². The Morgan fingerprint density at radius 2 is 0.661 bits per heavy atom. The number of carbonyl (C=O) groups is 3. The molecule has 6 nitrogen and oxygen atoms in total. The molecule has 0 N–H and O–H groups in total. The molecule has 0 fully saturated rings. The number of unbranched alkanes of at least 4 members (excludes halogenated alkanes) is 24. The van der Waals surface area contributed by atoms with Crippen LogP contribution in [0.25, 0.3) is 0 Å². The molecule has 1 atom stereocenters. The minimum Gasteiger partial charge on any atom is -0.462 e. The summed E-state index contributed by atoms with van der Waals surface area (Å²) in [5.74, 6) is -0.962. The molecule has 0 aliphatic heterocycles. The van der Waals surface area contributed by atoms with E-state index in [-0.39, 0.29) is 31.1 Å². The van der Waals surface area contributed by atoms with Gasteiger partial charge in [-0.2, -0.15) is 0 Å². The van der Waals surface area contributed by atoms with Crippen LogP contribution in [0.1, 0.15) is 233 Å². The number of esters is 3. The van der Waals surface area contributed by atoms with Crippen LogP contribution in [0.3, 0.4) is 0 Å². The first-order chi connectivity index (χ1) is 30.5. The lowest BCUT2D eigenvalue weighted by Gasteiger charge is -2.18. The predicted molar refractivity (Wildman–Crippen MR) is 265 cm³/mol. The first-order valence-electron chi connectivity index (χ1n) is 25.7. The molecule has 0 saturated heterocycles. The molecule has 0 aromatic carbocycles. The smallest absolute Gasteiger partial charge is 0.306 e. The largest absolute Gasteiger partial charge is 0.462 e. The van der Waals surface area contributed by atoms with Gasteiger partial charge in [0, 0.05) is 19.3 Å². The summed E-state index contributed by atoms with van der Waals surface area (Å²) in [6.45, 7) is 6.39. The van der Waals surface area contributed by atoms with Gasteiger partial charge in [0.25, 0.3) is 0 Å². The lowest BCUT2D eigenvalue weighted by atomic mass is 10.1. The van der Waals surface area contributed by atoms with Gasteiger partial charge < -0.3 is 14.2 Å². The summed E-state index contributed by atoms with van der Waals surface area (Å²) in [5.41, 5.74) is 0. The van der Waals surface area contributed by atoms with Crippen LogP contribution < -0.4 is 0 Å². The van der Waals surface area contributed by atoms with E-state index in [4.69, 9.17) is 14.2 Å². The predicted octanol–water partition coefficient (Wildman–Crippen LogP) is 16.8. The lowest BCUT2D eigenvalue weighted by Crippen LogP contribution is -2.30. The average molecular weight is 863 g/mol. The normalized spacial score (nSPS) is 12.8. The third kappa shape index (κ3) is 47.6. The van der Waals surface area contributed by atoms with E-state index in [0.29, 0.717) is 19.3 Å². The Bertz CT molecular complexity index is 1220. The Balaban J connectivity index is 4.43. The zero-order valence-electron chi connectivity index (χ0n) is 40.4. The fraction of sp³-hybridized carbons (Fsp3) is 0.696. The van der Waals surface area contributed by atoms with E-state index in [0.717, 1.165) is 103 Å². The first kappa shape index (κ1) is 58.6. The zero-order chi connectivity index (χ0) is 45.1. The molecule has 0 saturated carbocycles. The summed E-state index contributed by atoms with van der Waals surface area (Å²) >= 11 is 0. The van der Waals surface area contributed by atoms with Crippen molar-refractivity contribution in [2.45, 2.75) is 239 Å². The van der Waals surface area contributed by atoms with Gasteiger partial charge in [-0.25, -0.2) is 0 Å². The zero-order valence-corrected chi connectivity index (χ0v) is 40.4. The number of allylic oxidation sites excluding steroid dienone is 14. The van der Waals surface area contributed by atoms with Crippen LogP contribution >= 0.6 is 0 Å². The molecule has 0 aliphatic rings. The average Bonchev–Trinajstić information content (AvgIpc) is 3.27. The Kier molecular flexibility index (Phi) is 47.5. The van der Waals surface area contributed by atoms with E-state index in [9.17, 15) is 14.4 Å². The van der Waals surface area contributed by atoms with E-state index in [1.165, 1.54) is 89.9 Å². The highest BCUT2D eigenvalue weighted by molar-refractivity contribution is 5.71. The van der Waals surface area contributed by atoms with Crippen molar-refractivity contribution in [3.05, 3.63) is 85.1 Å². The lowest BCUT2D eigenvalue weighted by molar-refractivity contribution is -0.167. The van der Waals surface area contributed by atoms with E-state index < -0.39 is 6.10 Å². The Morgan fingerprint density at radius 3 is 1.11 bits per heavy atom. The number of ether oxygens (including phenoxy) is 3. The molecule has 0 rings (SSSR count). The molecular weight excluding hydrogens is 769 g/mol. The van der Waals surface area contributed by atoms with Crippen molar-refractivity contribution in [3.63, 3.8) is 0 Å². The molecule has 0 aromatic heterocycles. The fourth-order valence-electron chi connectivity index (χ4n) is 6.84. The molecular formula is C56H94O6. The van der Waals surface area contributed by atoms with Gasteiger partial charge in [0.15, 0.2) is 6.10 Å². The molecule has 0 heterocycles. The highest BCUT2D eigenvalue weighted by atomic mass is 16.6. The van der Waals surface area contributed by atoms with Crippen molar-refractivity contribution >= 4 is 17.9 Å². The van der Waals surface area contributed by atoms with Gasteiger partial charge in [0.05, 0.1) is 0 Å². The number of hydrogen-bond acceptors (Lipinski definition) is 6. The number of rotatable bonds is 45. The quantitative estimate of drug-likeness (QED) is 0.0199. The van der Waals surface area contributed by atoms with Crippen molar-refractivity contribution in [2.75, 3.05) is 13.2 Å². The molecule has 6 heteroatoms. The minimum absolute atomic E-state index is 0.0998. The second-order valence-corrected chi connectivity index (χ2v) is 16.8. The van der Waals surface area contributed by atoms with Crippen LogP contribution in [0, 0.1) is 0 Å². The standard InChI is InChI=1S/C56H94O6/c1-4-7-10-13-16-19-22-24-26-27-28-30-31-34-37-40-43-46-49-55(58)61-52-53(51-60-54(57)48-45-42-39-36-33-21-18-15-12-9-6-3)62-56(59)50-47-44-41-38-35-32-29-25-23-20-17-14-11-8-5-2/h8,11,14-15,17-18,20-21,23,25,28-30,33,53H,4-7,9-10,12-13,16,19,22,24,26-27,31-32,34-52H2,1-3H3/b11-8-,17-14-,18-15-,23-20-,29-25-,30-28-,33-21-. The maximum absolute atomic E-state index is 12.8. The molecule has 354 valence electrons. The number of hydrogen-bond donors (Lipinski definition) is 0. The van der Waals surface area contributed by atoms with E-state index in [1.807, 2.05) is 24.3 Å². The molecule has 0 aromatic rings. The van der Waals surface area contributed by atoms with Crippen molar-refractivity contribution in [1.82, 2.24) is 0 Å². The topological polar surface area (TPSA) is 78.9 Å². The third-order valence-electron chi connectivity index (χ3n) is 10.7. The highest BCUT2D eigenvalue weighted by Crippen LogP contribution is 2.14. The second kappa shape index (κ2) is 50.2. The van der Waals surface area contributed by atoms with Crippen molar-refractivity contribution < 1.29 is 28.6 Å². The van der Waals surface area contributed by atoms with E-state index in [1.54, 1.807) is 0 Å². The second-order valence-electron chi connectivity index (χ2n) is 16.8. The van der Waals surface area contributed by atoms with E-state index >= 15 is 0 Å². The summed E-state index contributed by atoms with van der Waals surface area (Å²) < 4.78 is 16.7. The van der Waals surface area contributed by atoms with Crippen LogP contribution in [0.5, 0.6) is 0 Å². The van der Waals surface area contributed by atoms with Crippen molar-refractivity contribution in [2.24, 2.45) is 0 Å². The fourth-order valence-corrected chi connectivity index (χ4v) is 6.84. The summed E-state index contributed by atoms with van der Waals surface area (Å²) in [6, 6.07) is 0.